The van der Waals surface area contributed by atoms with E-state index in [0.717, 1.165) is 35.9 Å². The number of pyridine rings is 1. The highest BCUT2D eigenvalue weighted by Crippen LogP contribution is 2.36. The second-order valence-corrected chi connectivity index (χ2v) is 8.24. The summed E-state index contributed by atoms with van der Waals surface area (Å²) in [7, 11) is 2.08. The normalized spacial score (nSPS) is 25.8. The van der Waals surface area contributed by atoms with Gasteiger partial charge in [-0.05, 0) is 43.0 Å². The van der Waals surface area contributed by atoms with Gasteiger partial charge in [0.05, 0.1) is 24.5 Å². The zero-order valence-corrected chi connectivity index (χ0v) is 17.2. The largest absolute Gasteiger partial charge is 0.344 e. The molecule has 2 fully saturated rings. The van der Waals surface area contributed by atoms with E-state index in [2.05, 4.69) is 27.1 Å². The first-order chi connectivity index (χ1) is 14.7. The van der Waals surface area contributed by atoms with Gasteiger partial charge in [0.15, 0.2) is 0 Å². The number of para-hydroxylation sites is 1. The van der Waals surface area contributed by atoms with Gasteiger partial charge in [-0.1, -0.05) is 24.3 Å². The maximum Gasteiger partial charge on any atom is 0.202 e. The lowest BCUT2D eigenvalue weighted by molar-refractivity contribution is 0.340. The molecule has 30 heavy (non-hydrogen) atoms. The van der Waals surface area contributed by atoms with E-state index in [-0.39, 0.29) is 5.92 Å². The van der Waals surface area contributed by atoms with Gasteiger partial charge in [-0.25, -0.2) is 4.99 Å². The molecule has 3 unspecified atom stereocenters. The predicted molar refractivity (Wildman–Crippen MR) is 120 cm³/mol. The van der Waals surface area contributed by atoms with Gasteiger partial charge in [-0.3, -0.25) is 20.3 Å². The molecule has 1 saturated heterocycles. The van der Waals surface area contributed by atoms with Crippen molar-refractivity contribution in [2.24, 2.45) is 15.9 Å². The van der Waals surface area contributed by atoms with Crippen LogP contribution in [0.2, 0.25) is 0 Å². The third-order valence-electron chi connectivity index (χ3n) is 6.19. The molecule has 0 amide bonds. The monoisotopic (exact) mass is 401 g/mol. The van der Waals surface area contributed by atoms with Crippen LogP contribution in [0.15, 0.2) is 64.8 Å². The molecule has 3 heterocycles. The van der Waals surface area contributed by atoms with Gasteiger partial charge in [0.2, 0.25) is 5.96 Å². The topological polar surface area (TPSA) is 80.0 Å². The molecule has 1 aromatic heterocycles. The quantitative estimate of drug-likeness (QED) is 0.609. The number of hydrogen-bond acceptors (Lipinski definition) is 5. The number of fused-ring (bicyclic) bond motifs is 3. The van der Waals surface area contributed by atoms with E-state index in [9.17, 15) is 0 Å². The molecule has 1 aliphatic carbocycles. The van der Waals surface area contributed by atoms with Crippen molar-refractivity contribution in [2.75, 3.05) is 18.9 Å². The lowest BCUT2D eigenvalue weighted by atomic mass is 10.00. The third-order valence-corrected chi connectivity index (χ3v) is 6.19. The van der Waals surface area contributed by atoms with Gasteiger partial charge >= 0.3 is 0 Å². The van der Waals surface area contributed by atoms with Crippen LogP contribution < -0.4 is 5.32 Å². The predicted octanol–water partition coefficient (Wildman–Crippen LogP) is 3.22. The second kappa shape index (κ2) is 7.89. The molecule has 7 nitrogen and oxygen atoms in total. The first kappa shape index (κ1) is 18.8. The van der Waals surface area contributed by atoms with Gasteiger partial charge in [-0.15, -0.1) is 0 Å². The number of aliphatic imine (C=N–C) groups is 2. The first-order valence-corrected chi connectivity index (χ1v) is 10.6. The van der Waals surface area contributed by atoms with Gasteiger partial charge in [-0.2, -0.15) is 0 Å². The van der Waals surface area contributed by atoms with Crippen molar-refractivity contribution in [3.8, 4) is 0 Å². The molecule has 3 atom stereocenters. The van der Waals surface area contributed by atoms with E-state index in [1.165, 1.54) is 6.42 Å². The van der Waals surface area contributed by atoms with Gasteiger partial charge < -0.3 is 10.2 Å². The molecular formula is C23H27N7. The molecule has 0 spiro atoms. The molecule has 7 heteroatoms. The van der Waals surface area contributed by atoms with Crippen LogP contribution in [0.4, 0.5) is 5.69 Å². The van der Waals surface area contributed by atoms with E-state index >= 15 is 0 Å². The van der Waals surface area contributed by atoms with E-state index in [4.69, 9.17) is 15.4 Å². The Balaban J connectivity index is 1.45. The Kier molecular flexibility index (Phi) is 4.94. The Bertz CT molecular complexity index is 970. The Hall–Kier alpha value is -3.22. The van der Waals surface area contributed by atoms with Crippen molar-refractivity contribution in [3.63, 3.8) is 0 Å². The van der Waals surface area contributed by atoms with Crippen molar-refractivity contribution in [2.45, 2.75) is 37.9 Å². The van der Waals surface area contributed by atoms with Crippen LogP contribution in [-0.4, -0.2) is 58.1 Å². The van der Waals surface area contributed by atoms with Crippen molar-refractivity contribution in [1.29, 1.82) is 5.41 Å². The fourth-order valence-corrected chi connectivity index (χ4v) is 4.70. The number of rotatable bonds is 4. The van der Waals surface area contributed by atoms with Gasteiger partial charge in [0.25, 0.3) is 0 Å². The lowest BCUT2D eigenvalue weighted by Gasteiger charge is -2.41. The highest BCUT2D eigenvalue weighted by Gasteiger charge is 2.47. The number of amidine groups is 2. The van der Waals surface area contributed by atoms with Crippen LogP contribution in [0.5, 0.6) is 0 Å². The highest BCUT2D eigenvalue weighted by atomic mass is 15.5. The average Bonchev–Trinajstić information content (AvgIpc) is 3.37. The number of nitrogens with zero attached hydrogens (tertiary/aromatic N) is 5. The summed E-state index contributed by atoms with van der Waals surface area (Å²) < 4.78 is 0. The SMILES string of the molecule is CN1CC(C(=NCc2cccnc2)Nc2ccccc2)C(=N)N2C1=NC1CCCC12. The molecule has 2 aliphatic heterocycles. The lowest BCUT2D eigenvalue weighted by Crippen LogP contribution is -2.59. The molecule has 1 saturated carbocycles. The van der Waals surface area contributed by atoms with Gasteiger partial charge in [0, 0.05) is 31.7 Å². The van der Waals surface area contributed by atoms with Crippen LogP contribution in [0, 0.1) is 11.3 Å². The average molecular weight is 402 g/mol. The Morgan fingerprint density at radius 3 is 2.87 bits per heavy atom. The van der Waals surface area contributed by atoms with Crippen molar-refractivity contribution in [3.05, 3.63) is 60.4 Å². The summed E-state index contributed by atoms with van der Waals surface area (Å²) in [6, 6.07) is 14.7. The minimum atomic E-state index is -0.134. The number of aromatic nitrogens is 1. The summed E-state index contributed by atoms with van der Waals surface area (Å²) in [5.41, 5.74) is 2.04. The number of nitrogens with one attached hydrogen (secondary N) is 2. The summed E-state index contributed by atoms with van der Waals surface area (Å²) in [5, 5.41) is 12.6. The van der Waals surface area contributed by atoms with Crippen LogP contribution in [0.3, 0.4) is 0 Å². The Morgan fingerprint density at radius 2 is 2.07 bits per heavy atom. The summed E-state index contributed by atoms with van der Waals surface area (Å²) in [4.78, 5) is 18.4. The molecular weight excluding hydrogens is 374 g/mol. The van der Waals surface area contributed by atoms with Crippen LogP contribution in [0.1, 0.15) is 24.8 Å². The fourth-order valence-electron chi connectivity index (χ4n) is 4.70. The maximum absolute atomic E-state index is 9.08. The maximum atomic E-state index is 9.08. The number of anilines is 1. The van der Waals surface area contributed by atoms with Crippen LogP contribution in [-0.2, 0) is 6.54 Å². The minimum absolute atomic E-state index is 0.134. The van der Waals surface area contributed by atoms with Crippen LogP contribution in [0.25, 0.3) is 0 Å². The molecule has 0 bridgehead atoms. The Labute approximate surface area is 177 Å². The number of hydrogen-bond donors (Lipinski definition) is 2. The second-order valence-electron chi connectivity index (χ2n) is 8.24. The summed E-state index contributed by atoms with van der Waals surface area (Å²) in [6.45, 7) is 1.23. The smallest absolute Gasteiger partial charge is 0.202 e. The summed E-state index contributed by atoms with van der Waals surface area (Å²) in [6.07, 6.45) is 7.04. The molecule has 2 N–H and O–H groups in total. The third kappa shape index (κ3) is 3.44. The fraction of sp³-hybridized carbons (Fsp3) is 0.391. The van der Waals surface area contributed by atoms with E-state index in [0.29, 0.717) is 31.0 Å². The molecule has 2 aromatic rings. The van der Waals surface area contributed by atoms with E-state index in [1.54, 1.807) is 6.20 Å². The molecule has 0 radical (unpaired) electrons. The van der Waals surface area contributed by atoms with E-state index < -0.39 is 0 Å². The minimum Gasteiger partial charge on any atom is -0.344 e. The van der Waals surface area contributed by atoms with Crippen molar-refractivity contribution < 1.29 is 0 Å². The Morgan fingerprint density at radius 1 is 1.20 bits per heavy atom. The van der Waals surface area contributed by atoms with Crippen LogP contribution >= 0.6 is 0 Å². The molecule has 1 aromatic carbocycles. The molecule has 154 valence electrons. The zero-order valence-electron chi connectivity index (χ0n) is 17.2. The van der Waals surface area contributed by atoms with Crippen molar-refractivity contribution in [1.82, 2.24) is 14.8 Å². The zero-order chi connectivity index (χ0) is 20.5. The van der Waals surface area contributed by atoms with Crippen molar-refractivity contribution >= 4 is 23.3 Å². The van der Waals surface area contributed by atoms with E-state index in [1.807, 2.05) is 48.7 Å². The standard InChI is InChI=1S/C23H27N7/c1-29-15-18(21(24)30-20-11-5-10-19(20)28-23(29)30)22(27-17-8-3-2-4-9-17)26-14-16-7-6-12-25-13-16/h2-4,6-9,12-13,18-20,24H,5,10-11,14-15H2,1H3,(H,26,27). The van der Waals surface area contributed by atoms with Gasteiger partial charge in [0.1, 0.15) is 11.7 Å². The summed E-state index contributed by atoms with van der Waals surface area (Å²) >= 11 is 0. The molecule has 3 aliphatic rings. The highest BCUT2D eigenvalue weighted by molar-refractivity contribution is 6.16. The molecule has 5 rings (SSSR count). The number of benzene rings is 1. The number of guanidine groups is 1. The summed E-state index contributed by atoms with van der Waals surface area (Å²) in [5.74, 6) is 2.25. The first-order valence-electron chi connectivity index (χ1n) is 10.6.